The lowest BCUT2D eigenvalue weighted by molar-refractivity contribution is -0.140. The minimum Gasteiger partial charge on any atom is -0.483 e. The third-order valence-electron chi connectivity index (χ3n) is 3.36. The van der Waals surface area contributed by atoms with E-state index in [1.165, 1.54) is 7.11 Å². The van der Waals surface area contributed by atoms with Gasteiger partial charge in [-0.15, -0.1) is 0 Å². The van der Waals surface area contributed by atoms with Gasteiger partial charge >= 0.3 is 5.97 Å². The van der Waals surface area contributed by atoms with Crippen molar-refractivity contribution < 1.29 is 19.1 Å². The second kappa shape index (κ2) is 9.82. The molecule has 122 valence electrons. The largest absolute Gasteiger partial charge is 0.483 e. The number of hydrogen-bond acceptors (Lipinski definition) is 4. The third kappa shape index (κ3) is 6.61. The van der Waals surface area contributed by atoms with Crippen LogP contribution in [-0.2, 0) is 14.3 Å². The molecule has 0 aliphatic carbocycles. The average Bonchev–Trinajstić information content (AvgIpc) is 2.49. The molecule has 1 aromatic carbocycles. The van der Waals surface area contributed by atoms with Crippen molar-refractivity contribution in [3.05, 3.63) is 29.3 Å². The second-order valence-corrected chi connectivity index (χ2v) is 5.25. The molecule has 1 rings (SSSR count). The highest BCUT2D eigenvalue weighted by atomic mass is 16.5. The Balaban J connectivity index is 2.15. The van der Waals surface area contributed by atoms with E-state index < -0.39 is 0 Å². The maximum Gasteiger partial charge on any atom is 0.305 e. The molecule has 0 saturated carbocycles. The lowest BCUT2D eigenvalue weighted by atomic mass is 10.1. The average molecular weight is 307 g/mol. The van der Waals surface area contributed by atoms with E-state index in [1.54, 1.807) is 0 Å². The number of unbranched alkanes of at least 4 members (excludes halogenated alkanes) is 2. The van der Waals surface area contributed by atoms with Gasteiger partial charge in [-0.25, -0.2) is 0 Å². The number of rotatable bonds is 9. The van der Waals surface area contributed by atoms with Crippen LogP contribution in [0.3, 0.4) is 0 Å². The summed E-state index contributed by atoms with van der Waals surface area (Å²) in [7, 11) is 1.39. The van der Waals surface area contributed by atoms with Crippen LogP contribution in [0, 0.1) is 13.8 Å². The van der Waals surface area contributed by atoms with Gasteiger partial charge < -0.3 is 14.8 Å². The first-order chi connectivity index (χ1) is 10.5. The fraction of sp³-hybridized carbons (Fsp3) is 0.529. The number of para-hydroxylation sites is 1. The summed E-state index contributed by atoms with van der Waals surface area (Å²) in [6.07, 6.45) is 2.93. The first-order valence-corrected chi connectivity index (χ1v) is 7.57. The molecular formula is C17H25NO4. The van der Waals surface area contributed by atoms with Gasteiger partial charge in [0.1, 0.15) is 5.75 Å². The third-order valence-corrected chi connectivity index (χ3v) is 3.36. The van der Waals surface area contributed by atoms with E-state index in [1.807, 2.05) is 32.0 Å². The Labute approximate surface area is 132 Å². The molecule has 1 amide bonds. The summed E-state index contributed by atoms with van der Waals surface area (Å²) < 4.78 is 10.1. The van der Waals surface area contributed by atoms with E-state index in [-0.39, 0.29) is 18.5 Å². The predicted molar refractivity (Wildman–Crippen MR) is 84.9 cm³/mol. The number of esters is 1. The molecule has 0 unspecified atom stereocenters. The topological polar surface area (TPSA) is 64.6 Å². The van der Waals surface area contributed by atoms with Crippen LogP contribution < -0.4 is 10.1 Å². The Morgan fingerprint density at radius 1 is 1.09 bits per heavy atom. The smallest absolute Gasteiger partial charge is 0.305 e. The van der Waals surface area contributed by atoms with E-state index in [0.29, 0.717) is 13.0 Å². The van der Waals surface area contributed by atoms with Crippen molar-refractivity contribution >= 4 is 11.9 Å². The van der Waals surface area contributed by atoms with Crippen molar-refractivity contribution in [3.8, 4) is 5.75 Å². The quantitative estimate of drug-likeness (QED) is 0.562. The fourth-order valence-electron chi connectivity index (χ4n) is 2.12. The van der Waals surface area contributed by atoms with Gasteiger partial charge in [-0.1, -0.05) is 24.6 Å². The van der Waals surface area contributed by atoms with Gasteiger partial charge in [0.2, 0.25) is 0 Å². The summed E-state index contributed by atoms with van der Waals surface area (Å²) in [5.41, 5.74) is 2.05. The normalized spacial score (nSPS) is 10.1. The Bertz CT molecular complexity index is 479. The summed E-state index contributed by atoms with van der Waals surface area (Å²) in [4.78, 5) is 22.6. The van der Waals surface area contributed by atoms with E-state index in [4.69, 9.17) is 4.74 Å². The van der Waals surface area contributed by atoms with E-state index in [0.717, 1.165) is 36.1 Å². The maximum atomic E-state index is 11.7. The van der Waals surface area contributed by atoms with Crippen molar-refractivity contribution in [2.45, 2.75) is 39.5 Å². The van der Waals surface area contributed by atoms with Crippen LogP contribution in [0.2, 0.25) is 0 Å². The fourth-order valence-corrected chi connectivity index (χ4v) is 2.12. The first kappa shape index (κ1) is 18.0. The molecule has 0 saturated heterocycles. The van der Waals surface area contributed by atoms with Gasteiger partial charge in [-0.3, -0.25) is 9.59 Å². The van der Waals surface area contributed by atoms with Gasteiger partial charge in [-0.2, -0.15) is 0 Å². The highest BCUT2D eigenvalue weighted by Crippen LogP contribution is 2.21. The standard InChI is InChI=1S/C17H25NO4/c1-13-8-7-9-14(2)17(13)22-12-15(19)18-11-6-4-5-10-16(20)21-3/h7-9H,4-6,10-12H2,1-3H3,(H,18,19). The summed E-state index contributed by atoms with van der Waals surface area (Å²) in [6.45, 7) is 4.53. The molecule has 0 aliphatic rings. The van der Waals surface area contributed by atoms with Gasteiger partial charge in [0.05, 0.1) is 7.11 Å². The van der Waals surface area contributed by atoms with E-state index in [2.05, 4.69) is 10.1 Å². The highest BCUT2D eigenvalue weighted by molar-refractivity contribution is 5.77. The molecule has 0 aromatic heterocycles. The number of amides is 1. The molecular weight excluding hydrogens is 282 g/mol. The lowest BCUT2D eigenvalue weighted by Gasteiger charge is -2.11. The van der Waals surface area contributed by atoms with Gasteiger partial charge in [-0.05, 0) is 37.8 Å². The van der Waals surface area contributed by atoms with E-state index >= 15 is 0 Å². The van der Waals surface area contributed by atoms with Crippen molar-refractivity contribution in [3.63, 3.8) is 0 Å². The number of hydrogen-bond donors (Lipinski definition) is 1. The summed E-state index contributed by atoms with van der Waals surface area (Å²) in [5, 5.41) is 2.81. The molecule has 0 atom stereocenters. The Hall–Kier alpha value is -2.04. The van der Waals surface area contributed by atoms with Crippen LogP contribution in [0.4, 0.5) is 0 Å². The number of methoxy groups -OCH3 is 1. The Kier molecular flexibility index (Phi) is 8.04. The number of nitrogens with one attached hydrogen (secondary N) is 1. The molecule has 22 heavy (non-hydrogen) atoms. The minimum absolute atomic E-state index is 0.0217. The molecule has 0 fully saturated rings. The molecule has 0 aliphatic heterocycles. The highest BCUT2D eigenvalue weighted by Gasteiger charge is 2.07. The van der Waals surface area contributed by atoms with Crippen LogP contribution in [0.5, 0.6) is 5.75 Å². The van der Waals surface area contributed by atoms with Crippen LogP contribution in [0.25, 0.3) is 0 Å². The second-order valence-electron chi connectivity index (χ2n) is 5.25. The van der Waals surface area contributed by atoms with E-state index in [9.17, 15) is 9.59 Å². The Morgan fingerprint density at radius 2 is 1.77 bits per heavy atom. The SMILES string of the molecule is COC(=O)CCCCCNC(=O)COc1c(C)cccc1C. The molecule has 5 heteroatoms. The number of ether oxygens (including phenoxy) is 2. The lowest BCUT2D eigenvalue weighted by Crippen LogP contribution is -2.29. The molecule has 0 spiro atoms. The van der Waals surface area contributed by atoms with Crippen LogP contribution >= 0.6 is 0 Å². The summed E-state index contributed by atoms with van der Waals surface area (Å²) >= 11 is 0. The maximum absolute atomic E-state index is 11.7. The van der Waals surface area contributed by atoms with Crippen LogP contribution in [-0.4, -0.2) is 32.1 Å². The monoisotopic (exact) mass is 307 g/mol. The zero-order valence-corrected chi connectivity index (χ0v) is 13.6. The van der Waals surface area contributed by atoms with Crippen molar-refractivity contribution in [1.82, 2.24) is 5.32 Å². The van der Waals surface area contributed by atoms with Crippen molar-refractivity contribution in [1.29, 1.82) is 0 Å². The van der Waals surface area contributed by atoms with Gasteiger partial charge in [0.15, 0.2) is 6.61 Å². The van der Waals surface area contributed by atoms with Crippen LogP contribution in [0.15, 0.2) is 18.2 Å². The number of carbonyl (C=O) groups excluding carboxylic acids is 2. The number of benzene rings is 1. The Morgan fingerprint density at radius 3 is 2.41 bits per heavy atom. The van der Waals surface area contributed by atoms with Crippen molar-refractivity contribution in [2.75, 3.05) is 20.3 Å². The number of aryl methyl sites for hydroxylation is 2. The number of carbonyl (C=O) groups is 2. The zero-order valence-electron chi connectivity index (χ0n) is 13.6. The molecule has 0 bridgehead atoms. The molecule has 1 aromatic rings. The van der Waals surface area contributed by atoms with Crippen molar-refractivity contribution in [2.24, 2.45) is 0 Å². The zero-order chi connectivity index (χ0) is 16.4. The summed E-state index contributed by atoms with van der Waals surface area (Å²) in [5.74, 6) is 0.456. The summed E-state index contributed by atoms with van der Waals surface area (Å²) in [6, 6.07) is 5.88. The molecule has 0 radical (unpaired) electrons. The minimum atomic E-state index is -0.189. The van der Waals surface area contributed by atoms with Crippen LogP contribution in [0.1, 0.15) is 36.8 Å². The molecule has 0 heterocycles. The molecule has 5 nitrogen and oxygen atoms in total. The first-order valence-electron chi connectivity index (χ1n) is 7.57. The van der Waals surface area contributed by atoms with Gasteiger partial charge in [0, 0.05) is 13.0 Å². The van der Waals surface area contributed by atoms with Gasteiger partial charge in [0.25, 0.3) is 5.91 Å². The molecule has 1 N–H and O–H groups in total. The predicted octanol–water partition coefficient (Wildman–Crippen LogP) is 2.53.